The van der Waals surface area contributed by atoms with Crippen molar-refractivity contribution in [2.75, 3.05) is 10.6 Å². The van der Waals surface area contributed by atoms with Crippen molar-refractivity contribution in [3.8, 4) is 0 Å². The Hall–Kier alpha value is -1.66. The third-order valence-electron chi connectivity index (χ3n) is 3.71. The van der Waals surface area contributed by atoms with Crippen LogP contribution in [-0.4, -0.2) is 16.0 Å². The van der Waals surface area contributed by atoms with E-state index in [2.05, 4.69) is 44.7 Å². The highest BCUT2D eigenvalue weighted by Gasteiger charge is 2.31. The second-order valence-corrected chi connectivity index (χ2v) is 7.49. The van der Waals surface area contributed by atoms with Gasteiger partial charge in [-0.3, -0.25) is 0 Å². The van der Waals surface area contributed by atoms with Crippen LogP contribution in [0.25, 0.3) is 10.2 Å². The zero-order valence-electron chi connectivity index (χ0n) is 11.7. The second-order valence-electron chi connectivity index (χ2n) is 5.47. The molecule has 0 unspecified atom stereocenters. The van der Waals surface area contributed by atoms with Crippen LogP contribution < -0.4 is 10.6 Å². The van der Waals surface area contributed by atoms with Crippen molar-refractivity contribution in [2.45, 2.75) is 32.4 Å². The molecule has 4 nitrogen and oxygen atoms in total. The lowest BCUT2D eigenvalue weighted by molar-refractivity contribution is 0.784. The predicted octanol–water partition coefficient (Wildman–Crippen LogP) is 3.81. The molecule has 3 aromatic rings. The minimum atomic E-state index is 0.371. The molecule has 1 aliphatic carbocycles. The number of anilines is 2. The molecule has 4 rings (SSSR count). The van der Waals surface area contributed by atoms with E-state index < -0.39 is 0 Å². The lowest BCUT2D eigenvalue weighted by atomic mass is 10.2. The third-order valence-corrected chi connectivity index (χ3v) is 5.38. The molecule has 0 spiro atoms. The molecular weight excluding hydrogens is 300 g/mol. The van der Waals surface area contributed by atoms with E-state index in [0.29, 0.717) is 12.0 Å². The van der Waals surface area contributed by atoms with Gasteiger partial charge >= 0.3 is 0 Å². The van der Waals surface area contributed by atoms with E-state index in [1.165, 1.54) is 23.3 Å². The topological polar surface area (TPSA) is 55.0 Å². The Bertz CT molecular complexity index is 774. The van der Waals surface area contributed by atoms with Crippen LogP contribution in [0.4, 0.5) is 11.8 Å². The van der Waals surface area contributed by atoms with E-state index in [1.807, 2.05) is 0 Å². The van der Waals surface area contributed by atoms with E-state index in [1.54, 1.807) is 22.7 Å². The van der Waals surface area contributed by atoms with Crippen molar-refractivity contribution in [1.82, 2.24) is 9.97 Å². The maximum Gasteiger partial charge on any atom is 0.223 e. The smallest absolute Gasteiger partial charge is 0.223 e. The highest BCUT2D eigenvalue weighted by Crippen LogP contribution is 2.38. The first-order valence-corrected chi connectivity index (χ1v) is 8.78. The van der Waals surface area contributed by atoms with E-state index >= 15 is 0 Å². The summed E-state index contributed by atoms with van der Waals surface area (Å²) in [4.78, 5) is 13.6. The predicted molar refractivity (Wildman–Crippen MR) is 90.1 cm³/mol. The Morgan fingerprint density at radius 2 is 2.24 bits per heavy atom. The molecule has 0 radical (unpaired) electrons. The fraction of sp³-hybridized carbons (Fsp3) is 0.333. The number of fused-ring (bicyclic) bond motifs is 1. The van der Waals surface area contributed by atoms with Gasteiger partial charge < -0.3 is 10.6 Å². The summed E-state index contributed by atoms with van der Waals surface area (Å²) in [7, 11) is 0. The van der Waals surface area contributed by atoms with Crippen LogP contribution in [0, 0.1) is 6.92 Å². The van der Waals surface area contributed by atoms with Gasteiger partial charge in [-0.2, -0.15) is 16.3 Å². The molecular formula is C15H16N4S2. The normalized spacial score (nSPS) is 14.7. The third kappa shape index (κ3) is 2.49. The molecule has 6 heteroatoms. The molecule has 2 N–H and O–H groups in total. The van der Waals surface area contributed by atoms with E-state index in [0.717, 1.165) is 22.6 Å². The maximum absolute atomic E-state index is 5.93. The highest BCUT2D eigenvalue weighted by molar-refractivity contribution is 7.18. The molecule has 0 bridgehead atoms. The number of hydrogen-bond donors (Lipinski definition) is 1. The monoisotopic (exact) mass is 316 g/mol. The largest absolute Gasteiger partial charge is 0.368 e. The first-order chi connectivity index (χ1) is 10.2. The lowest BCUT2D eigenvalue weighted by Crippen LogP contribution is -2.26. The van der Waals surface area contributed by atoms with Crippen LogP contribution in [0.2, 0.25) is 0 Å². The van der Waals surface area contributed by atoms with Crippen molar-refractivity contribution in [1.29, 1.82) is 0 Å². The van der Waals surface area contributed by atoms with Crippen molar-refractivity contribution in [3.05, 3.63) is 33.3 Å². The van der Waals surface area contributed by atoms with E-state index in [9.17, 15) is 0 Å². The van der Waals surface area contributed by atoms with Crippen LogP contribution in [0.15, 0.2) is 22.9 Å². The number of aryl methyl sites for hydroxylation is 1. The number of nitrogen functional groups attached to an aromatic ring is 1. The van der Waals surface area contributed by atoms with Crippen LogP contribution in [-0.2, 0) is 6.54 Å². The molecule has 0 aromatic carbocycles. The average Bonchev–Trinajstić information content (AvgIpc) is 3.01. The maximum atomic E-state index is 5.93. The van der Waals surface area contributed by atoms with Crippen LogP contribution in [0.3, 0.4) is 0 Å². The summed E-state index contributed by atoms with van der Waals surface area (Å²) >= 11 is 3.42. The molecule has 21 heavy (non-hydrogen) atoms. The van der Waals surface area contributed by atoms with Gasteiger partial charge in [0.15, 0.2) is 0 Å². The summed E-state index contributed by atoms with van der Waals surface area (Å²) in [6, 6.07) is 4.95. The van der Waals surface area contributed by atoms with E-state index in [4.69, 9.17) is 5.73 Å². The number of aromatic nitrogens is 2. The van der Waals surface area contributed by atoms with Crippen LogP contribution in [0.5, 0.6) is 0 Å². The summed E-state index contributed by atoms with van der Waals surface area (Å²) < 4.78 is 0. The molecule has 3 heterocycles. The van der Waals surface area contributed by atoms with Gasteiger partial charge in [-0.05, 0) is 48.2 Å². The summed E-state index contributed by atoms with van der Waals surface area (Å²) in [6.07, 6.45) is 2.47. The molecule has 108 valence electrons. The van der Waals surface area contributed by atoms with Gasteiger partial charge in [0.1, 0.15) is 10.6 Å². The van der Waals surface area contributed by atoms with E-state index in [-0.39, 0.29) is 0 Å². The fourth-order valence-electron chi connectivity index (χ4n) is 2.60. The zero-order chi connectivity index (χ0) is 14.4. The number of thiophene rings is 2. The first-order valence-electron chi connectivity index (χ1n) is 7.02. The summed E-state index contributed by atoms with van der Waals surface area (Å²) in [5.74, 6) is 1.37. The SMILES string of the molecule is Cc1cc2c(N(Cc3ccsc3)C3CC3)nc(N)nc2s1. The Morgan fingerprint density at radius 3 is 2.95 bits per heavy atom. The lowest BCUT2D eigenvalue weighted by Gasteiger charge is -2.24. The van der Waals surface area contributed by atoms with Gasteiger partial charge in [0, 0.05) is 17.5 Å². The molecule has 3 aromatic heterocycles. The van der Waals surface area contributed by atoms with Crippen molar-refractivity contribution >= 4 is 44.7 Å². The summed E-state index contributed by atoms with van der Waals surface area (Å²) in [5, 5.41) is 5.46. The minimum Gasteiger partial charge on any atom is -0.368 e. The van der Waals surface area contributed by atoms with Crippen molar-refractivity contribution in [3.63, 3.8) is 0 Å². The summed E-state index contributed by atoms with van der Waals surface area (Å²) in [5.41, 5.74) is 7.26. The quantitative estimate of drug-likeness (QED) is 0.795. The fourth-order valence-corrected chi connectivity index (χ4v) is 4.15. The number of nitrogens with two attached hydrogens (primary N) is 1. The first kappa shape index (κ1) is 13.0. The van der Waals surface area contributed by atoms with Gasteiger partial charge in [-0.25, -0.2) is 4.98 Å². The van der Waals surface area contributed by atoms with Gasteiger partial charge in [-0.15, -0.1) is 11.3 Å². The molecule has 1 fully saturated rings. The Kier molecular flexibility index (Phi) is 3.08. The number of rotatable bonds is 4. The molecule has 0 saturated heterocycles. The Labute approximate surface area is 131 Å². The van der Waals surface area contributed by atoms with Gasteiger partial charge in [-0.1, -0.05) is 0 Å². The molecule has 0 amide bonds. The van der Waals surface area contributed by atoms with Gasteiger partial charge in [0.05, 0.1) is 5.39 Å². The second kappa shape index (κ2) is 4.96. The highest BCUT2D eigenvalue weighted by atomic mass is 32.1. The van der Waals surface area contributed by atoms with Gasteiger partial charge in [0.2, 0.25) is 5.95 Å². The number of nitrogens with zero attached hydrogens (tertiary/aromatic N) is 3. The minimum absolute atomic E-state index is 0.371. The standard InChI is InChI=1S/C15H16N4S2/c1-9-6-12-13(17-15(16)18-14(12)21-9)19(11-2-3-11)7-10-4-5-20-8-10/h4-6,8,11H,2-3,7H2,1H3,(H2,16,17,18). The van der Waals surface area contributed by atoms with Crippen LogP contribution in [0.1, 0.15) is 23.3 Å². The Morgan fingerprint density at radius 1 is 1.38 bits per heavy atom. The molecule has 1 aliphatic rings. The van der Waals surface area contributed by atoms with Gasteiger partial charge in [0.25, 0.3) is 0 Å². The average molecular weight is 316 g/mol. The van der Waals surface area contributed by atoms with Crippen molar-refractivity contribution in [2.24, 2.45) is 0 Å². The zero-order valence-corrected chi connectivity index (χ0v) is 13.4. The summed E-state index contributed by atoms with van der Waals surface area (Å²) in [6.45, 7) is 3.00. The number of hydrogen-bond acceptors (Lipinski definition) is 6. The Balaban J connectivity index is 1.81. The molecule has 0 atom stereocenters. The van der Waals surface area contributed by atoms with Crippen LogP contribution >= 0.6 is 22.7 Å². The molecule has 0 aliphatic heterocycles. The van der Waals surface area contributed by atoms with Crippen molar-refractivity contribution < 1.29 is 0 Å². The molecule has 1 saturated carbocycles.